The van der Waals surface area contributed by atoms with Crippen molar-refractivity contribution in [1.29, 1.82) is 0 Å². The van der Waals surface area contributed by atoms with Gasteiger partial charge in [-0.1, -0.05) is 46.1 Å². The van der Waals surface area contributed by atoms with Crippen molar-refractivity contribution >= 4 is 5.91 Å². The van der Waals surface area contributed by atoms with Gasteiger partial charge in [0.05, 0.1) is 0 Å². The summed E-state index contributed by atoms with van der Waals surface area (Å²) in [4.78, 5) is 11.9. The maximum Gasteiger partial charge on any atom is 0.219 e. The molecule has 190 valence electrons. The highest BCUT2D eigenvalue weighted by Crippen LogP contribution is 2.07. The van der Waals surface area contributed by atoms with Crippen molar-refractivity contribution in [2.75, 3.05) is 46.3 Å². The van der Waals surface area contributed by atoms with Crippen LogP contribution in [0.2, 0.25) is 0 Å². The van der Waals surface area contributed by atoms with Crippen molar-refractivity contribution in [1.82, 2.24) is 26.6 Å². The van der Waals surface area contributed by atoms with Crippen LogP contribution in [0.1, 0.15) is 97.3 Å². The second kappa shape index (κ2) is 24.5. The molecule has 6 nitrogen and oxygen atoms in total. The molecule has 5 N–H and O–H groups in total. The Hall–Kier alpha value is -1.11. The van der Waals surface area contributed by atoms with Crippen molar-refractivity contribution in [2.45, 2.75) is 103 Å². The Morgan fingerprint density at radius 1 is 0.688 bits per heavy atom. The number of nitrogens with one attached hydrogen (secondary N) is 5. The van der Waals surface area contributed by atoms with E-state index in [0.29, 0.717) is 6.42 Å². The molecule has 0 saturated heterocycles. The average molecular weight is 454 g/mol. The van der Waals surface area contributed by atoms with Crippen molar-refractivity contribution in [3.8, 4) is 0 Å². The van der Waals surface area contributed by atoms with E-state index in [9.17, 15) is 4.79 Å². The zero-order valence-corrected chi connectivity index (χ0v) is 21.6. The number of hydrogen-bond acceptors (Lipinski definition) is 5. The molecule has 0 bridgehead atoms. The van der Waals surface area contributed by atoms with Crippen molar-refractivity contribution in [3.63, 3.8) is 0 Å². The molecule has 0 aromatic carbocycles. The van der Waals surface area contributed by atoms with Crippen LogP contribution in [0.5, 0.6) is 0 Å². The summed E-state index contributed by atoms with van der Waals surface area (Å²) in [6.45, 7) is 14.8. The lowest BCUT2D eigenvalue weighted by Crippen LogP contribution is -2.35. The first-order valence-electron chi connectivity index (χ1n) is 13.4. The van der Waals surface area contributed by atoms with E-state index < -0.39 is 0 Å². The standard InChI is InChI=1S/C26H55N5O/c1-5-7-8-9-10-17-26(32)31-22-12-11-16-25(27-4)24(3)30-23-15-21-29-20-14-13-19-28-18-6-2/h25,27-30H,3,5-23H2,1-2,4H3,(H,31,32)/t25-/m1/s1. The van der Waals surface area contributed by atoms with Gasteiger partial charge in [0.1, 0.15) is 0 Å². The summed E-state index contributed by atoms with van der Waals surface area (Å²) in [7, 11) is 1.99. The van der Waals surface area contributed by atoms with Gasteiger partial charge in [0.2, 0.25) is 5.91 Å². The number of carbonyl (C=O) groups excluding carboxylic acids is 1. The van der Waals surface area contributed by atoms with Gasteiger partial charge in [-0.3, -0.25) is 4.79 Å². The van der Waals surface area contributed by atoms with Crippen LogP contribution < -0.4 is 26.6 Å². The molecule has 32 heavy (non-hydrogen) atoms. The van der Waals surface area contributed by atoms with E-state index in [-0.39, 0.29) is 11.9 Å². The maximum atomic E-state index is 11.9. The van der Waals surface area contributed by atoms with E-state index in [1.807, 2.05) is 7.05 Å². The number of rotatable bonds is 25. The van der Waals surface area contributed by atoms with Crippen molar-refractivity contribution in [2.24, 2.45) is 0 Å². The highest BCUT2D eigenvalue weighted by molar-refractivity contribution is 5.75. The Balaban J connectivity index is 3.57. The molecule has 0 unspecified atom stereocenters. The SMILES string of the molecule is C=C(NCCCNCCCCNCCC)[C@@H](CCCCNC(=O)CCCCCCC)NC. The van der Waals surface area contributed by atoms with Crippen LogP contribution in [0.25, 0.3) is 0 Å². The molecule has 0 fully saturated rings. The van der Waals surface area contributed by atoms with E-state index in [0.717, 1.165) is 77.1 Å². The summed E-state index contributed by atoms with van der Waals surface area (Å²) < 4.78 is 0. The molecule has 1 amide bonds. The van der Waals surface area contributed by atoms with Crippen LogP contribution in [0, 0.1) is 0 Å². The zero-order valence-electron chi connectivity index (χ0n) is 21.6. The predicted molar refractivity (Wildman–Crippen MR) is 140 cm³/mol. The Kier molecular flexibility index (Phi) is 23.7. The van der Waals surface area contributed by atoms with Crippen molar-refractivity contribution < 1.29 is 4.79 Å². The quantitative estimate of drug-likeness (QED) is 0.135. The first-order valence-corrected chi connectivity index (χ1v) is 13.4. The topological polar surface area (TPSA) is 77.2 Å². The van der Waals surface area contributed by atoms with Gasteiger partial charge < -0.3 is 26.6 Å². The summed E-state index contributed by atoms with van der Waals surface area (Å²) >= 11 is 0. The van der Waals surface area contributed by atoms with Gasteiger partial charge in [0.15, 0.2) is 0 Å². The third-order valence-electron chi connectivity index (χ3n) is 5.78. The van der Waals surface area contributed by atoms with E-state index in [4.69, 9.17) is 0 Å². The summed E-state index contributed by atoms with van der Waals surface area (Å²) in [5.41, 5.74) is 1.07. The molecule has 1 atom stereocenters. The highest BCUT2D eigenvalue weighted by atomic mass is 16.1. The third-order valence-corrected chi connectivity index (χ3v) is 5.78. The molecule has 0 aromatic heterocycles. The number of likely N-dealkylation sites (N-methyl/N-ethyl adjacent to an activating group) is 1. The van der Waals surface area contributed by atoms with Gasteiger partial charge in [0, 0.05) is 31.2 Å². The van der Waals surface area contributed by atoms with E-state index in [2.05, 4.69) is 47.0 Å². The molecule has 0 radical (unpaired) electrons. The van der Waals surface area contributed by atoms with Crippen LogP contribution in [0.15, 0.2) is 12.3 Å². The second-order valence-corrected chi connectivity index (χ2v) is 8.86. The van der Waals surface area contributed by atoms with Gasteiger partial charge in [0.25, 0.3) is 0 Å². The summed E-state index contributed by atoms with van der Waals surface area (Å²) in [6, 6.07) is 0.285. The van der Waals surface area contributed by atoms with Gasteiger partial charge in [-0.25, -0.2) is 0 Å². The largest absolute Gasteiger partial charge is 0.387 e. The normalized spacial score (nSPS) is 12.0. The fourth-order valence-corrected chi connectivity index (χ4v) is 3.68. The van der Waals surface area contributed by atoms with Gasteiger partial charge in [-0.2, -0.15) is 0 Å². The molecule has 0 aliphatic rings. The van der Waals surface area contributed by atoms with Gasteiger partial charge in [-0.05, 0) is 84.6 Å². The molecule has 0 saturated carbocycles. The van der Waals surface area contributed by atoms with Gasteiger partial charge >= 0.3 is 0 Å². The van der Waals surface area contributed by atoms with Crippen molar-refractivity contribution in [3.05, 3.63) is 12.3 Å². The molecular formula is C26H55N5O. The van der Waals surface area contributed by atoms with E-state index in [1.54, 1.807) is 0 Å². The molecule has 0 heterocycles. The number of hydrogen-bond donors (Lipinski definition) is 5. The minimum Gasteiger partial charge on any atom is -0.387 e. The first-order chi connectivity index (χ1) is 15.7. The van der Waals surface area contributed by atoms with E-state index >= 15 is 0 Å². The smallest absolute Gasteiger partial charge is 0.219 e. The Morgan fingerprint density at radius 2 is 1.31 bits per heavy atom. The predicted octanol–water partition coefficient (Wildman–Crippen LogP) is 4.08. The molecule has 0 aliphatic carbocycles. The third kappa shape index (κ3) is 20.8. The monoisotopic (exact) mass is 453 g/mol. The minimum atomic E-state index is 0.208. The Bertz CT molecular complexity index is 430. The molecular weight excluding hydrogens is 398 g/mol. The minimum absolute atomic E-state index is 0.208. The van der Waals surface area contributed by atoms with E-state index in [1.165, 1.54) is 44.9 Å². The zero-order chi connectivity index (χ0) is 23.7. The van der Waals surface area contributed by atoms with Crippen LogP contribution in [0.3, 0.4) is 0 Å². The Labute approximate surface area is 199 Å². The molecule has 0 spiro atoms. The van der Waals surface area contributed by atoms with Gasteiger partial charge in [-0.15, -0.1) is 0 Å². The first kappa shape index (κ1) is 30.9. The number of unbranched alkanes of at least 4 members (excludes halogenated alkanes) is 6. The summed E-state index contributed by atoms with van der Waals surface area (Å²) in [6.07, 6.45) is 14.6. The van der Waals surface area contributed by atoms with Crippen LogP contribution in [-0.4, -0.2) is 58.3 Å². The van der Waals surface area contributed by atoms with Crippen LogP contribution >= 0.6 is 0 Å². The average Bonchev–Trinajstić information content (AvgIpc) is 2.79. The molecule has 0 rings (SSSR count). The molecule has 0 aromatic rings. The lowest BCUT2D eigenvalue weighted by Gasteiger charge is -2.20. The fraction of sp³-hybridized carbons (Fsp3) is 0.885. The summed E-state index contributed by atoms with van der Waals surface area (Å²) in [5, 5.41) is 16.9. The van der Waals surface area contributed by atoms with Crippen LogP contribution in [0.4, 0.5) is 0 Å². The lowest BCUT2D eigenvalue weighted by atomic mass is 10.1. The lowest BCUT2D eigenvalue weighted by molar-refractivity contribution is -0.121. The number of carbonyl (C=O) groups is 1. The highest BCUT2D eigenvalue weighted by Gasteiger charge is 2.09. The number of amides is 1. The molecule has 0 aliphatic heterocycles. The fourth-order valence-electron chi connectivity index (χ4n) is 3.68. The Morgan fingerprint density at radius 3 is 2.00 bits per heavy atom. The molecule has 6 heteroatoms. The summed E-state index contributed by atoms with van der Waals surface area (Å²) in [5.74, 6) is 0.208. The van der Waals surface area contributed by atoms with Crippen LogP contribution in [-0.2, 0) is 4.79 Å². The second-order valence-electron chi connectivity index (χ2n) is 8.86. The maximum absolute atomic E-state index is 11.9.